The monoisotopic (exact) mass is 378 g/mol. The van der Waals surface area contributed by atoms with Crippen molar-refractivity contribution in [1.29, 1.82) is 0 Å². The molecule has 1 saturated heterocycles. The van der Waals surface area contributed by atoms with Gasteiger partial charge in [-0.2, -0.15) is 0 Å². The van der Waals surface area contributed by atoms with E-state index in [-0.39, 0.29) is 11.9 Å². The number of methoxy groups -OCH3 is 2. The van der Waals surface area contributed by atoms with E-state index in [1.54, 1.807) is 14.2 Å². The van der Waals surface area contributed by atoms with Gasteiger partial charge in [0.25, 0.3) is 0 Å². The predicted octanol–water partition coefficient (Wildman–Crippen LogP) is 2.77. The highest BCUT2D eigenvalue weighted by atomic mass is 16.5. The molecule has 1 atom stereocenters. The summed E-state index contributed by atoms with van der Waals surface area (Å²) in [5.74, 6) is 2.11. The maximum atomic E-state index is 12.0. The molecule has 7 nitrogen and oxygen atoms in total. The first-order valence-corrected chi connectivity index (χ1v) is 9.17. The molecule has 0 unspecified atom stereocenters. The minimum Gasteiger partial charge on any atom is -0.493 e. The Morgan fingerprint density at radius 3 is 2.50 bits per heavy atom. The van der Waals surface area contributed by atoms with E-state index in [1.165, 1.54) is 0 Å². The molecule has 1 amide bonds. The number of nitrogens with two attached hydrogens (primary N) is 1. The first-order chi connectivity index (χ1) is 13.6. The summed E-state index contributed by atoms with van der Waals surface area (Å²) < 4.78 is 10.9. The highest BCUT2D eigenvalue weighted by Gasteiger charge is 2.32. The molecule has 1 aliphatic heterocycles. The van der Waals surface area contributed by atoms with E-state index < -0.39 is 0 Å². The van der Waals surface area contributed by atoms with Crippen LogP contribution in [0.15, 0.2) is 42.5 Å². The summed E-state index contributed by atoms with van der Waals surface area (Å²) in [4.78, 5) is 23.5. The zero-order valence-corrected chi connectivity index (χ0v) is 15.9. The highest BCUT2D eigenvalue weighted by Crippen LogP contribution is 2.38. The maximum absolute atomic E-state index is 12.0. The minimum absolute atomic E-state index is 0.342. The van der Waals surface area contributed by atoms with E-state index in [0.717, 1.165) is 29.3 Å². The fourth-order valence-corrected chi connectivity index (χ4v) is 3.69. The largest absolute Gasteiger partial charge is 0.493 e. The molecule has 144 valence electrons. The van der Waals surface area contributed by atoms with Gasteiger partial charge in [-0.05, 0) is 18.9 Å². The van der Waals surface area contributed by atoms with Crippen LogP contribution in [0.4, 0.5) is 5.82 Å². The first kappa shape index (κ1) is 18.0. The van der Waals surface area contributed by atoms with Crippen molar-refractivity contribution in [3.63, 3.8) is 0 Å². The van der Waals surface area contributed by atoms with Crippen molar-refractivity contribution < 1.29 is 14.3 Å². The molecule has 1 fully saturated rings. The Bertz CT molecular complexity index is 1020. The van der Waals surface area contributed by atoms with Crippen molar-refractivity contribution >= 4 is 22.6 Å². The summed E-state index contributed by atoms with van der Waals surface area (Å²) in [5, 5.41) is 0.797. The van der Waals surface area contributed by atoms with Crippen LogP contribution in [0.25, 0.3) is 22.3 Å². The Labute approximate surface area is 163 Å². The standard InChI is InChI=1S/C21H22N4O3/c1-27-17-11-14-15(12-18(17)28-2)23-20(13-7-4-3-5-8-13)24-21(14)25-10-6-9-16(25)19(22)26/h3-5,7-8,11-12,16H,6,9-10H2,1-2H3,(H2,22,26)/t16-/m1/s1. The van der Waals surface area contributed by atoms with Crippen LogP contribution in [0, 0.1) is 0 Å². The summed E-state index contributed by atoms with van der Waals surface area (Å²) in [7, 11) is 3.18. The summed E-state index contributed by atoms with van der Waals surface area (Å²) >= 11 is 0. The van der Waals surface area contributed by atoms with Crippen LogP contribution in [-0.4, -0.2) is 42.7 Å². The Morgan fingerprint density at radius 2 is 1.82 bits per heavy atom. The zero-order valence-electron chi connectivity index (χ0n) is 15.9. The third kappa shape index (κ3) is 3.09. The van der Waals surface area contributed by atoms with E-state index in [4.69, 9.17) is 25.2 Å². The van der Waals surface area contributed by atoms with E-state index in [9.17, 15) is 4.79 Å². The predicted molar refractivity (Wildman–Crippen MR) is 108 cm³/mol. The van der Waals surface area contributed by atoms with E-state index in [1.807, 2.05) is 47.4 Å². The van der Waals surface area contributed by atoms with Crippen LogP contribution in [-0.2, 0) is 4.79 Å². The van der Waals surface area contributed by atoms with Gasteiger partial charge in [0.2, 0.25) is 5.91 Å². The van der Waals surface area contributed by atoms with Gasteiger partial charge in [0, 0.05) is 23.6 Å². The normalized spacial score (nSPS) is 16.4. The van der Waals surface area contributed by atoms with Gasteiger partial charge in [-0.15, -0.1) is 0 Å². The molecule has 0 spiro atoms. The van der Waals surface area contributed by atoms with Crippen molar-refractivity contribution in [2.75, 3.05) is 25.7 Å². The molecular formula is C21H22N4O3. The molecule has 0 bridgehead atoms. The van der Waals surface area contributed by atoms with Crippen LogP contribution >= 0.6 is 0 Å². The van der Waals surface area contributed by atoms with Crippen LogP contribution < -0.4 is 20.1 Å². The van der Waals surface area contributed by atoms with Crippen molar-refractivity contribution in [1.82, 2.24) is 9.97 Å². The van der Waals surface area contributed by atoms with Gasteiger partial charge in [0.05, 0.1) is 19.7 Å². The molecule has 2 N–H and O–H groups in total. The number of rotatable bonds is 5. The molecule has 0 saturated carbocycles. The number of carbonyl (C=O) groups is 1. The fourth-order valence-electron chi connectivity index (χ4n) is 3.69. The highest BCUT2D eigenvalue weighted by molar-refractivity contribution is 5.96. The number of aromatic nitrogens is 2. The SMILES string of the molecule is COc1cc2nc(-c3ccccc3)nc(N3CCC[C@@H]3C(N)=O)c2cc1OC. The number of anilines is 1. The number of ether oxygens (including phenoxy) is 2. The number of nitrogens with zero attached hydrogens (tertiary/aromatic N) is 3. The van der Waals surface area contributed by atoms with Gasteiger partial charge >= 0.3 is 0 Å². The van der Waals surface area contributed by atoms with Crippen molar-refractivity contribution in [2.45, 2.75) is 18.9 Å². The lowest BCUT2D eigenvalue weighted by atomic mass is 10.1. The minimum atomic E-state index is -0.380. The smallest absolute Gasteiger partial charge is 0.240 e. The lowest BCUT2D eigenvalue weighted by molar-refractivity contribution is -0.119. The van der Waals surface area contributed by atoms with E-state index >= 15 is 0 Å². The second-order valence-electron chi connectivity index (χ2n) is 6.71. The molecular weight excluding hydrogens is 356 g/mol. The molecule has 0 aliphatic carbocycles. The third-order valence-corrected chi connectivity index (χ3v) is 5.07. The molecule has 1 aromatic heterocycles. The zero-order chi connectivity index (χ0) is 19.7. The van der Waals surface area contributed by atoms with Crippen molar-refractivity contribution in [3.05, 3.63) is 42.5 Å². The lowest BCUT2D eigenvalue weighted by Gasteiger charge is -2.25. The molecule has 2 heterocycles. The number of primary amides is 1. The second-order valence-corrected chi connectivity index (χ2v) is 6.71. The molecule has 2 aromatic carbocycles. The van der Waals surface area contributed by atoms with Crippen molar-refractivity contribution in [3.8, 4) is 22.9 Å². The summed E-state index contributed by atoms with van der Waals surface area (Å²) in [6.45, 7) is 0.711. The number of carbonyl (C=O) groups excluding carboxylic acids is 1. The Kier molecular flexibility index (Phi) is 4.73. The maximum Gasteiger partial charge on any atom is 0.240 e. The average Bonchev–Trinajstić information content (AvgIpc) is 3.22. The average molecular weight is 378 g/mol. The molecule has 7 heteroatoms. The van der Waals surface area contributed by atoms with Gasteiger partial charge in [0.1, 0.15) is 11.9 Å². The Balaban J connectivity index is 1.98. The molecule has 3 aromatic rings. The Morgan fingerprint density at radius 1 is 1.11 bits per heavy atom. The lowest BCUT2D eigenvalue weighted by Crippen LogP contribution is -2.40. The van der Waals surface area contributed by atoms with Gasteiger partial charge in [-0.3, -0.25) is 4.79 Å². The van der Waals surface area contributed by atoms with E-state index in [2.05, 4.69) is 0 Å². The van der Waals surface area contributed by atoms with Crippen LogP contribution in [0.2, 0.25) is 0 Å². The third-order valence-electron chi connectivity index (χ3n) is 5.07. The first-order valence-electron chi connectivity index (χ1n) is 9.17. The van der Waals surface area contributed by atoms with Crippen LogP contribution in [0.3, 0.4) is 0 Å². The molecule has 0 radical (unpaired) electrons. The number of fused-ring (bicyclic) bond motifs is 1. The number of benzene rings is 2. The van der Waals surface area contributed by atoms with Crippen LogP contribution in [0.5, 0.6) is 11.5 Å². The summed E-state index contributed by atoms with van der Waals surface area (Å²) in [6.07, 6.45) is 1.60. The Hall–Kier alpha value is -3.35. The summed E-state index contributed by atoms with van der Waals surface area (Å²) in [6, 6.07) is 13.1. The van der Waals surface area contributed by atoms with Crippen LogP contribution in [0.1, 0.15) is 12.8 Å². The van der Waals surface area contributed by atoms with E-state index in [0.29, 0.717) is 29.7 Å². The topological polar surface area (TPSA) is 90.6 Å². The number of hydrogen-bond donors (Lipinski definition) is 1. The quantitative estimate of drug-likeness (QED) is 0.734. The summed E-state index contributed by atoms with van der Waals surface area (Å²) in [5.41, 5.74) is 7.27. The fraction of sp³-hybridized carbons (Fsp3) is 0.286. The number of amides is 1. The molecule has 1 aliphatic rings. The number of hydrogen-bond acceptors (Lipinski definition) is 6. The molecule has 4 rings (SSSR count). The molecule has 28 heavy (non-hydrogen) atoms. The van der Waals surface area contributed by atoms with Crippen molar-refractivity contribution in [2.24, 2.45) is 5.73 Å². The van der Waals surface area contributed by atoms with Gasteiger partial charge < -0.3 is 20.1 Å². The second kappa shape index (κ2) is 7.34. The van der Waals surface area contributed by atoms with Gasteiger partial charge in [0.15, 0.2) is 17.3 Å². The van der Waals surface area contributed by atoms with Gasteiger partial charge in [-0.25, -0.2) is 9.97 Å². The van der Waals surface area contributed by atoms with Gasteiger partial charge in [-0.1, -0.05) is 30.3 Å².